The van der Waals surface area contributed by atoms with E-state index < -0.39 is 11.7 Å². The van der Waals surface area contributed by atoms with Crippen molar-refractivity contribution in [2.75, 3.05) is 0 Å². The molecular formula is C16H9F3INO. The Morgan fingerprint density at radius 2 is 1.50 bits per heavy atom. The third-order valence-corrected chi connectivity index (χ3v) is 4.16. The molecule has 0 atom stereocenters. The highest BCUT2D eigenvalue weighted by atomic mass is 127. The summed E-state index contributed by atoms with van der Waals surface area (Å²) in [6, 6.07) is 14.3. The van der Waals surface area contributed by atoms with Crippen molar-refractivity contribution in [2.24, 2.45) is 0 Å². The molecule has 0 aliphatic rings. The van der Waals surface area contributed by atoms with E-state index in [0.29, 0.717) is 17.0 Å². The highest BCUT2D eigenvalue weighted by molar-refractivity contribution is 14.1. The molecule has 0 saturated heterocycles. The van der Waals surface area contributed by atoms with Crippen LogP contribution in [0.25, 0.3) is 22.6 Å². The predicted octanol–water partition coefficient (Wildman–Crippen LogP) is 5.63. The molecule has 6 heteroatoms. The predicted molar refractivity (Wildman–Crippen MR) is 85.1 cm³/mol. The van der Waals surface area contributed by atoms with Crippen LogP contribution in [0.5, 0.6) is 0 Å². The SMILES string of the molecule is FC(F)(F)c1ccc(-c2onc(-c3ccccc3)c2I)cc1. The first kappa shape index (κ1) is 15.1. The van der Waals surface area contributed by atoms with Crippen LogP contribution in [0.15, 0.2) is 59.1 Å². The molecule has 3 aromatic rings. The van der Waals surface area contributed by atoms with Gasteiger partial charge in [0.2, 0.25) is 0 Å². The van der Waals surface area contributed by atoms with E-state index >= 15 is 0 Å². The number of rotatable bonds is 2. The maximum atomic E-state index is 12.6. The molecule has 1 heterocycles. The Kier molecular flexibility index (Phi) is 3.94. The van der Waals surface area contributed by atoms with E-state index in [9.17, 15) is 13.2 Å². The van der Waals surface area contributed by atoms with E-state index in [2.05, 4.69) is 27.7 Å². The Bertz CT molecular complexity index is 779. The van der Waals surface area contributed by atoms with Crippen LogP contribution in [-0.2, 0) is 6.18 Å². The zero-order valence-corrected chi connectivity index (χ0v) is 13.2. The first-order valence-corrected chi connectivity index (χ1v) is 7.43. The maximum Gasteiger partial charge on any atom is 0.416 e. The molecule has 0 N–H and O–H groups in total. The number of benzene rings is 2. The van der Waals surface area contributed by atoms with Gasteiger partial charge in [-0.25, -0.2) is 0 Å². The largest absolute Gasteiger partial charge is 0.416 e. The number of halogens is 4. The normalized spacial score (nSPS) is 11.6. The van der Waals surface area contributed by atoms with Gasteiger partial charge in [-0.2, -0.15) is 13.2 Å². The standard InChI is InChI=1S/C16H9F3INO/c17-16(18,19)12-8-6-11(7-9-12)15-13(20)14(21-22-15)10-4-2-1-3-5-10/h1-9H. The lowest BCUT2D eigenvalue weighted by molar-refractivity contribution is -0.137. The molecule has 112 valence electrons. The van der Waals surface area contributed by atoms with Gasteiger partial charge in [0.05, 0.1) is 9.13 Å². The van der Waals surface area contributed by atoms with Gasteiger partial charge in [-0.05, 0) is 34.7 Å². The van der Waals surface area contributed by atoms with Gasteiger partial charge in [0.1, 0.15) is 5.69 Å². The number of hydrogen-bond donors (Lipinski definition) is 0. The summed E-state index contributed by atoms with van der Waals surface area (Å²) in [4.78, 5) is 0. The van der Waals surface area contributed by atoms with E-state index in [1.54, 1.807) is 0 Å². The fraction of sp³-hybridized carbons (Fsp3) is 0.0625. The molecule has 0 radical (unpaired) electrons. The lowest BCUT2D eigenvalue weighted by Gasteiger charge is -2.06. The fourth-order valence-electron chi connectivity index (χ4n) is 2.04. The molecule has 0 bridgehead atoms. The Morgan fingerprint density at radius 1 is 0.864 bits per heavy atom. The summed E-state index contributed by atoms with van der Waals surface area (Å²) < 4.78 is 43.9. The van der Waals surface area contributed by atoms with Crippen molar-refractivity contribution in [3.63, 3.8) is 0 Å². The second-order valence-corrected chi connectivity index (χ2v) is 5.69. The maximum absolute atomic E-state index is 12.6. The minimum Gasteiger partial charge on any atom is -0.354 e. The van der Waals surface area contributed by atoms with Crippen molar-refractivity contribution in [3.05, 3.63) is 63.7 Å². The quantitative estimate of drug-likeness (QED) is 0.507. The highest BCUT2D eigenvalue weighted by Crippen LogP contribution is 2.35. The smallest absolute Gasteiger partial charge is 0.354 e. The summed E-state index contributed by atoms with van der Waals surface area (Å²) in [6.07, 6.45) is -4.34. The number of nitrogens with zero attached hydrogens (tertiary/aromatic N) is 1. The topological polar surface area (TPSA) is 26.0 Å². The Labute approximate surface area is 138 Å². The second-order valence-electron chi connectivity index (χ2n) is 4.62. The van der Waals surface area contributed by atoms with Crippen molar-refractivity contribution in [1.82, 2.24) is 5.16 Å². The van der Waals surface area contributed by atoms with E-state index in [1.165, 1.54) is 12.1 Å². The molecule has 0 saturated carbocycles. The van der Waals surface area contributed by atoms with Crippen LogP contribution in [0.1, 0.15) is 5.56 Å². The molecule has 1 aromatic heterocycles. The van der Waals surface area contributed by atoms with Gasteiger partial charge < -0.3 is 4.52 Å². The molecule has 3 rings (SSSR count). The summed E-state index contributed by atoms with van der Waals surface area (Å²) in [6.45, 7) is 0. The summed E-state index contributed by atoms with van der Waals surface area (Å²) in [5.74, 6) is 0.466. The number of alkyl halides is 3. The highest BCUT2D eigenvalue weighted by Gasteiger charge is 2.30. The number of hydrogen-bond acceptors (Lipinski definition) is 2. The summed E-state index contributed by atoms with van der Waals surface area (Å²) >= 11 is 2.09. The molecule has 2 aromatic carbocycles. The molecule has 0 aliphatic carbocycles. The average Bonchev–Trinajstić information content (AvgIpc) is 2.89. The van der Waals surface area contributed by atoms with Crippen LogP contribution in [0.4, 0.5) is 13.2 Å². The van der Waals surface area contributed by atoms with Crippen molar-refractivity contribution in [2.45, 2.75) is 6.18 Å². The zero-order chi connectivity index (χ0) is 15.7. The molecule has 0 spiro atoms. The van der Waals surface area contributed by atoms with Crippen LogP contribution in [0, 0.1) is 3.57 Å². The third-order valence-electron chi connectivity index (χ3n) is 3.16. The van der Waals surface area contributed by atoms with Crippen molar-refractivity contribution in [3.8, 4) is 22.6 Å². The van der Waals surface area contributed by atoms with Crippen molar-refractivity contribution >= 4 is 22.6 Å². The average molecular weight is 415 g/mol. The van der Waals surface area contributed by atoms with Gasteiger partial charge >= 0.3 is 6.18 Å². The molecule has 0 aliphatic heterocycles. The summed E-state index contributed by atoms with van der Waals surface area (Å²) in [5, 5.41) is 4.03. The molecule has 0 unspecified atom stereocenters. The van der Waals surface area contributed by atoms with Crippen LogP contribution in [0.3, 0.4) is 0 Å². The van der Waals surface area contributed by atoms with Crippen molar-refractivity contribution in [1.29, 1.82) is 0 Å². The lowest BCUT2D eigenvalue weighted by atomic mass is 10.1. The minimum absolute atomic E-state index is 0.466. The van der Waals surface area contributed by atoms with Crippen LogP contribution < -0.4 is 0 Å². The van der Waals surface area contributed by atoms with E-state index in [0.717, 1.165) is 21.3 Å². The summed E-state index contributed by atoms with van der Waals surface area (Å²) in [7, 11) is 0. The van der Waals surface area contributed by atoms with Gasteiger partial charge in [0, 0.05) is 11.1 Å². The van der Waals surface area contributed by atoms with Crippen LogP contribution in [0.2, 0.25) is 0 Å². The molecule has 0 fully saturated rings. The first-order chi connectivity index (χ1) is 10.5. The zero-order valence-electron chi connectivity index (χ0n) is 11.1. The fourth-order valence-corrected chi connectivity index (χ4v) is 2.86. The van der Waals surface area contributed by atoms with Crippen LogP contribution >= 0.6 is 22.6 Å². The Balaban J connectivity index is 1.98. The lowest BCUT2D eigenvalue weighted by Crippen LogP contribution is -2.03. The number of aromatic nitrogens is 1. The van der Waals surface area contributed by atoms with Gasteiger partial charge in [-0.15, -0.1) is 0 Å². The van der Waals surface area contributed by atoms with Crippen LogP contribution in [-0.4, -0.2) is 5.16 Å². The minimum atomic E-state index is -4.34. The molecule has 2 nitrogen and oxygen atoms in total. The van der Waals surface area contributed by atoms with E-state index in [-0.39, 0.29) is 0 Å². The summed E-state index contributed by atoms with van der Waals surface area (Å²) in [5.41, 5.74) is 1.45. The van der Waals surface area contributed by atoms with Gasteiger partial charge in [-0.1, -0.05) is 47.6 Å². The Hall–Kier alpha value is -1.83. The Morgan fingerprint density at radius 3 is 2.09 bits per heavy atom. The molecule has 22 heavy (non-hydrogen) atoms. The monoisotopic (exact) mass is 415 g/mol. The molecule has 0 amide bonds. The van der Waals surface area contributed by atoms with E-state index in [1.807, 2.05) is 30.3 Å². The molecular weight excluding hydrogens is 406 g/mol. The second kappa shape index (κ2) is 5.75. The van der Waals surface area contributed by atoms with Gasteiger partial charge in [-0.3, -0.25) is 0 Å². The van der Waals surface area contributed by atoms with Crippen molar-refractivity contribution < 1.29 is 17.7 Å². The first-order valence-electron chi connectivity index (χ1n) is 6.35. The van der Waals surface area contributed by atoms with Gasteiger partial charge in [0.25, 0.3) is 0 Å². The van der Waals surface area contributed by atoms with E-state index in [4.69, 9.17) is 4.52 Å². The van der Waals surface area contributed by atoms with Gasteiger partial charge in [0.15, 0.2) is 5.76 Å². The third kappa shape index (κ3) is 2.87.